The lowest BCUT2D eigenvalue weighted by molar-refractivity contribution is 0.281. The van der Waals surface area contributed by atoms with Crippen molar-refractivity contribution in [2.45, 2.75) is 19.6 Å². The van der Waals surface area contributed by atoms with Crippen molar-refractivity contribution in [3.05, 3.63) is 59.4 Å². The Labute approximate surface area is 111 Å². The zero-order valence-corrected chi connectivity index (χ0v) is 10.6. The first-order valence-electron chi connectivity index (χ1n) is 6.03. The molecule has 1 atom stereocenters. The van der Waals surface area contributed by atoms with Gasteiger partial charge in [0, 0.05) is 11.6 Å². The minimum atomic E-state index is -0.454. The van der Waals surface area contributed by atoms with Crippen LogP contribution in [0.2, 0.25) is 0 Å². The molecule has 0 aliphatic heterocycles. The number of halogens is 1. The highest BCUT2D eigenvalue weighted by molar-refractivity contribution is 5.41. The molecule has 1 unspecified atom stereocenters. The fourth-order valence-electron chi connectivity index (χ4n) is 1.82. The summed E-state index contributed by atoms with van der Waals surface area (Å²) < 4.78 is 19.4. The van der Waals surface area contributed by atoms with Crippen LogP contribution in [0.3, 0.4) is 0 Å². The summed E-state index contributed by atoms with van der Waals surface area (Å²) in [6.45, 7) is 1.68. The SMILES string of the molecule is CC(N)c1cccc(F)c1Oc1cccc(CO)c1. The van der Waals surface area contributed by atoms with E-state index in [4.69, 9.17) is 15.6 Å². The first-order chi connectivity index (χ1) is 9.11. The number of aliphatic hydroxyl groups excluding tert-OH is 1. The molecule has 0 aliphatic rings. The van der Waals surface area contributed by atoms with Crippen molar-refractivity contribution in [1.82, 2.24) is 0 Å². The van der Waals surface area contributed by atoms with Crippen LogP contribution < -0.4 is 10.5 Å². The average molecular weight is 261 g/mol. The minimum absolute atomic E-state index is 0.0887. The van der Waals surface area contributed by atoms with Crippen LogP contribution in [0.5, 0.6) is 11.5 Å². The topological polar surface area (TPSA) is 55.5 Å². The van der Waals surface area contributed by atoms with E-state index in [0.29, 0.717) is 16.9 Å². The fraction of sp³-hybridized carbons (Fsp3) is 0.200. The van der Waals surface area contributed by atoms with E-state index in [9.17, 15) is 4.39 Å². The molecule has 0 amide bonds. The number of benzene rings is 2. The summed E-state index contributed by atoms with van der Waals surface area (Å²) in [7, 11) is 0. The third-order valence-electron chi connectivity index (χ3n) is 2.79. The summed E-state index contributed by atoms with van der Waals surface area (Å²) in [6, 6.07) is 11.2. The van der Waals surface area contributed by atoms with Crippen molar-refractivity contribution in [2.24, 2.45) is 5.73 Å². The molecule has 0 fully saturated rings. The molecule has 0 saturated heterocycles. The van der Waals surface area contributed by atoms with Gasteiger partial charge in [0.15, 0.2) is 11.6 Å². The van der Waals surface area contributed by atoms with E-state index in [1.165, 1.54) is 6.07 Å². The van der Waals surface area contributed by atoms with Crippen LogP contribution in [-0.2, 0) is 6.61 Å². The van der Waals surface area contributed by atoms with Crippen molar-refractivity contribution in [1.29, 1.82) is 0 Å². The van der Waals surface area contributed by atoms with E-state index in [-0.39, 0.29) is 18.4 Å². The van der Waals surface area contributed by atoms with E-state index in [1.807, 2.05) is 0 Å². The molecule has 0 aromatic heterocycles. The second-order valence-corrected chi connectivity index (χ2v) is 4.35. The van der Waals surface area contributed by atoms with Gasteiger partial charge in [-0.25, -0.2) is 4.39 Å². The van der Waals surface area contributed by atoms with Crippen LogP contribution in [-0.4, -0.2) is 5.11 Å². The Morgan fingerprint density at radius 3 is 2.68 bits per heavy atom. The molecule has 0 radical (unpaired) electrons. The van der Waals surface area contributed by atoms with Gasteiger partial charge in [0.2, 0.25) is 0 Å². The molecule has 19 heavy (non-hydrogen) atoms. The van der Waals surface area contributed by atoms with Crippen LogP contribution in [0.1, 0.15) is 24.1 Å². The van der Waals surface area contributed by atoms with E-state index in [2.05, 4.69) is 0 Å². The number of ether oxygens (including phenoxy) is 1. The maximum absolute atomic E-state index is 13.8. The number of hydrogen-bond acceptors (Lipinski definition) is 3. The highest BCUT2D eigenvalue weighted by atomic mass is 19.1. The van der Waals surface area contributed by atoms with Crippen molar-refractivity contribution < 1.29 is 14.2 Å². The summed E-state index contributed by atoms with van der Waals surface area (Å²) in [5.41, 5.74) is 7.12. The minimum Gasteiger partial charge on any atom is -0.454 e. The molecule has 0 heterocycles. The van der Waals surface area contributed by atoms with Crippen molar-refractivity contribution >= 4 is 0 Å². The van der Waals surface area contributed by atoms with Gasteiger partial charge in [0.05, 0.1) is 6.61 Å². The first kappa shape index (κ1) is 13.5. The largest absolute Gasteiger partial charge is 0.454 e. The molecule has 4 heteroatoms. The standard InChI is InChI=1S/C15H16FNO2/c1-10(17)13-6-3-7-14(16)15(13)19-12-5-2-4-11(8-12)9-18/h2-8,10,18H,9,17H2,1H3. The Balaban J connectivity index is 2.37. The van der Waals surface area contributed by atoms with Gasteiger partial charge in [0.25, 0.3) is 0 Å². The lowest BCUT2D eigenvalue weighted by atomic mass is 10.1. The monoisotopic (exact) mass is 261 g/mol. The van der Waals surface area contributed by atoms with Crippen molar-refractivity contribution in [2.75, 3.05) is 0 Å². The third kappa shape index (κ3) is 3.10. The van der Waals surface area contributed by atoms with Crippen LogP contribution >= 0.6 is 0 Å². The molecule has 0 spiro atoms. The molecule has 2 rings (SSSR count). The number of para-hydroxylation sites is 1. The molecular weight excluding hydrogens is 245 g/mol. The molecule has 3 nitrogen and oxygen atoms in total. The summed E-state index contributed by atoms with van der Waals surface area (Å²) in [5.74, 6) is 0.148. The van der Waals surface area contributed by atoms with Gasteiger partial charge in [-0.2, -0.15) is 0 Å². The summed E-state index contributed by atoms with van der Waals surface area (Å²) in [5, 5.41) is 9.08. The van der Waals surface area contributed by atoms with Gasteiger partial charge >= 0.3 is 0 Å². The molecule has 3 N–H and O–H groups in total. The fourth-order valence-corrected chi connectivity index (χ4v) is 1.82. The van der Waals surface area contributed by atoms with Gasteiger partial charge in [-0.15, -0.1) is 0 Å². The highest BCUT2D eigenvalue weighted by Crippen LogP contribution is 2.31. The number of nitrogens with two attached hydrogens (primary N) is 1. The van der Waals surface area contributed by atoms with E-state index in [0.717, 1.165) is 0 Å². The summed E-state index contributed by atoms with van der Waals surface area (Å²) >= 11 is 0. The van der Waals surface area contributed by atoms with Crippen LogP contribution in [0.15, 0.2) is 42.5 Å². The average Bonchev–Trinajstić information content (AvgIpc) is 2.41. The molecule has 0 saturated carbocycles. The molecule has 100 valence electrons. The highest BCUT2D eigenvalue weighted by Gasteiger charge is 2.14. The van der Waals surface area contributed by atoms with E-state index >= 15 is 0 Å². The Kier molecular flexibility index (Phi) is 4.14. The molecule has 0 aliphatic carbocycles. The Morgan fingerprint density at radius 1 is 1.26 bits per heavy atom. The quantitative estimate of drug-likeness (QED) is 0.889. The number of aliphatic hydroxyl groups is 1. The van der Waals surface area contributed by atoms with Crippen molar-refractivity contribution in [3.8, 4) is 11.5 Å². The number of hydrogen-bond donors (Lipinski definition) is 2. The van der Waals surface area contributed by atoms with Crippen LogP contribution in [0.4, 0.5) is 4.39 Å². The third-order valence-corrected chi connectivity index (χ3v) is 2.79. The molecule has 2 aromatic carbocycles. The second-order valence-electron chi connectivity index (χ2n) is 4.35. The van der Waals surface area contributed by atoms with Crippen LogP contribution in [0.25, 0.3) is 0 Å². The predicted molar refractivity (Wildman–Crippen MR) is 71.4 cm³/mol. The van der Waals surface area contributed by atoms with E-state index < -0.39 is 5.82 Å². The van der Waals surface area contributed by atoms with E-state index in [1.54, 1.807) is 43.3 Å². The Bertz CT molecular complexity index is 570. The lowest BCUT2D eigenvalue weighted by Gasteiger charge is -2.14. The maximum atomic E-state index is 13.8. The Morgan fingerprint density at radius 2 is 2.00 bits per heavy atom. The molecular formula is C15H16FNO2. The van der Waals surface area contributed by atoms with Crippen LogP contribution in [0, 0.1) is 5.82 Å². The zero-order valence-electron chi connectivity index (χ0n) is 10.6. The lowest BCUT2D eigenvalue weighted by Crippen LogP contribution is -2.07. The van der Waals surface area contributed by atoms with Gasteiger partial charge in [0.1, 0.15) is 5.75 Å². The predicted octanol–water partition coefficient (Wildman–Crippen LogP) is 3.13. The smallest absolute Gasteiger partial charge is 0.167 e. The summed E-state index contributed by atoms with van der Waals surface area (Å²) in [4.78, 5) is 0. The Hall–Kier alpha value is -1.91. The summed E-state index contributed by atoms with van der Waals surface area (Å²) in [6.07, 6.45) is 0. The van der Waals surface area contributed by atoms with Gasteiger partial charge in [-0.3, -0.25) is 0 Å². The van der Waals surface area contributed by atoms with Crippen molar-refractivity contribution in [3.63, 3.8) is 0 Å². The number of rotatable bonds is 4. The maximum Gasteiger partial charge on any atom is 0.167 e. The normalized spacial score (nSPS) is 12.2. The first-order valence-corrected chi connectivity index (χ1v) is 6.03. The second kappa shape index (κ2) is 5.82. The zero-order chi connectivity index (χ0) is 13.8. The van der Waals surface area contributed by atoms with Gasteiger partial charge < -0.3 is 15.6 Å². The molecule has 2 aromatic rings. The van der Waals surface area contributed by atoms with Gasteiger partial charge in [-0.05, 0) is 30.7 Å². The van der Waals surface area contributed by atoms with Gasteiger partial charge in [-0.1, -0.05) is 24.3 Å². The molecule has 0 bridgehead atoms.